The van der Waals surface area contributed by atoms with E-state index in [0.717, 1.165) is 5.56 Å². The van der Waals surface area contributed by atoms with Gasteiger partial charge in [0.2, 0.25) is 5.91 Å². The molecule has 0 radical (unpaired) electrons. The standard InChI is InChI=1S/C20H23FN4O2.ClH/c21-15-6-8-16(9-7-15)23-20(27)24-17-10-11-25(13-17)19(26)18(22)12-14-4-2-1-3-5-14;/h1-9,17-18H,10-13,22H2,(H2,23,24,27);1H/t17?,18-;/m0./s1. The third-order valence-corrected chi connectivity index (χ3v) is 4.55. The molecule has 0 saturated carbocycles. The molecule has 1 saturated heterocycles. The Morgan fingerprint density at radius 2 is 1.82 bits per heavy atom. The molecule has 0 spiro atoms. The third kappa shape index (κ3) is 5.94. The summed E-state index contributed by atoms with van der Waals surface area (Å²) in [5.41, 5.74) is 7.59. The Morgan fingerprint density at radius 1 is 1.14 bits per heavy atom. The molecule has 2 aromatic carbocycles. The Labute approximate surface area is 169 Å². The predicted molar refractivity (Wildman–Crippen MR) is 109 cm³/mol. The molecule has 1 fully saturated rings. The van der Waals surface area contributed by atoms with Gasteiger partial charge in [0.1, 0.15) is 5.82 Å². The average molecular weight is 407 g/mol. The summed E-state index contributed by atoms with van der Waals surface area (Å²) in [5.74, 6) is -0.472. The molecule has 2 atom stereocenters. The third-order valence-electron chi connectivity index (χ3n) is 4.55. The number of amides is 3. The summed E-state index contributed by atoms with van der Waals surface area (Å²) in [6.07, 6.45) is 1.15. The number of likely N-dealkylation sites (tertiary alicyclic amines) is 1. The highest BCUT2D eigenvalue weighted by atomic mass is 35.5. The van der Waals surface area contributed by atoms with Crippen LogP contribution in [0.2, 0.25) is 0 Å². The number of nitrogens with zero attached hydrogens (tertiary/aromatic N) is 1. The van der Waals surface area contributed by atoms with Crippen molar-refractivity contribution in [3.05, 3.63) is 66.0 Å². The van der Waals surface area contributed by atoms with Gasteiger partial charge in [-0.2, -0.15) is 0 Å². The second-order valence-electron chi connectivity index (χ2n) is 6.67. The van der Waals surface area contributed by atoms with E-state index >= 15 is 0 Å². The van der Waals surface area contributed by atoms with Gasteiger partial charge in [0.15, 0.2) is 0 Å². The van der Waals surface area contributed by atoms with Crippen molar-refractivity contribution in [1.29, 1.82) is 0 Å². The molecule has 1 aliphatic heterocycles. The molecule has 6 nitrogen and oxygen atoms in total. The van der Waals surface area contributed by atoms with Crippen LogP contribution in [-0.4, -0.2) is 42.0 Å². The highest BCUT2D eigenvalue weighted by Gasteiger charge is 2.30. The van der Waals surface area contributed by atoms with Crippen molar-refractivity contribution in [1.82, 2.24) is 10.2 Å². The number of carbonyl (C=O) groups is 2. The monoisotopic (exact) mass is 406 g/mol. The van der Waals surface area contributed by atoms with Gasteiger partial charge in [-0.05, 0) is 42.7 Å². The van der Waals surface area contributed by atoms with Gasteiger partial charge in [-0.3, -0.25) is 4.79 Å². The van der Waals surface area contributed by atoms with E-state index in [0.29, 0.717) is 31.6 Å². The molecule has 0 bridgehead atoms. The minimum atomic E-state index is -0.598. The second-order valence-corrected chi connectivity index (χ2v) is 6.67. The van der Waals surface area contributed by atoms with Crippen LogP contribution in [0.3, 0.4) is 0 Å². The summed E-state index contributed by atoms with van der Waals surface area (Å²) in [6, 6.07) is 14.1. The Balaban J connectivity index is 0.00000280. The summed E-state index contributed by atoms with van der Waals surface area (Å²) in [4.78, 5) is 26.3. The van der Waals surface area contributed by atoms with Crippen molar-refractivity contribution in [2.45, 2.75) is 24.9 Å². The molecular formula is C20H24ClFN4O2. The number of nitrogens with two attached hydrogens (primary N) is 1. The number of hydrogen-bond acceptors (Lipinski definition) is 3. The van der Waals surface area contributed by atoms with Gasteiger partial charge in [-0.15, -0.1) is 12.4 Å². The minimum Gasteiger partial charge on any atom is -0.339 e. The summed E-state index contributed by atoms with van der Waals surface area (Å²) in [5, 5.41) is 5.49. The number of nitrogens with one attached hydrogen (secondary N) is 2. The first-order valence-electron chi connectivity index (χ1n) is 8.92. The second kappa shape index (κ2) is 10.1. The molecule has 3 rings (SSSR count). The number of carbonyl (C=O) groups excluding carboxylic acids is 2. The van der Waals surface area contributed by atoms with Crippen LogP contribution in [-0.2, 0) is 11.2 Å². The maximum atomic E-state index is 12.9. The topological polar surface area (TPSA) is 87.5 Å². The molecule has 150 valence electrons. The maximum absolute atomic E-state index is 12.9. The molecule has 1 aliphatic rings. The highest BCUT2D eigenvalue weighted by molar-refractivity contribution is 5.89. The largest absolute Gasteiger partial charge is 0.339 e. The number of halogens is 2. The van der Waals surface area contributed by atoms with Crippen molar-refractivity contribution in [2.75, 3.05) is 18.4 Å². The number of urea groups is 1. The van der Waals surface area contributed by atoms with Crippen LogP contribution in [0, 0.1) is 5.82 Å². The van der Waals surface area contributed by atoms with Gasteiger partial charge in [0.05, 0.1) is 6.04 Å². The van der Waals surface area contributed by atoms with E-state index in [1.54, 1.807) is 4.90 Å². The number of anilines is 1. The number of hydrogen-bond donors (Lipinski definition) is 3. The van der Waals surface area contributed by atoms with Gasteiger partial charge in [0, 0.05) is 24.8 Å². The molecule has 1 unspecified atom stereocenters. The molecule has 8 heteroatoms. The Morgan fingerprint density at radius 3 is 2.50 bits per heavy atom. The normalized spacial score (nSPS) is 16.8. The van der Waals surface area contributed by atoms with E-state index in [9.17, 15) is 14.0 Å². The molecule has 0 aromatic heterocycles. The lowest BCUT2D eigenvalue weighted by atomic mass is 10.1. The van der Waals surface area contributed by atoms with Crippen LogP contribution in [0.4, 0.5) is 14.9 Å². The van der Waals surface area contributed by atoms with Crippen LogP contribution < -0.4 is 16.4 Å². The number of rotatable bonds is 5. The Kier molecular flexibility index (Phi) is 7.78. The SMILES string of the molecule is Cl.N[C@@H](Cc1ccccc1)C(=O)N1CCC(NC(=O)Nc2ccc(F)cc2)C1. The molecule has 1 heterocycles. The Hall–Kier alpha value is -2.64. The Bertz CT molecular complexity index is 789. The van der Waals surface area contributed by atoms with E-state index in [1.165, 1.54) is 24.3 Å². The van der Waals surface area contributed by atoms with Gasteiger partial charge in [-0.25, -0.2) is 9.18 Å². The maximum Gasteiger partial charge on any atom is 0.319 e. The molecular weight excluding hydrogens is 383 g/mol. The summed E-state index contributed by atoms with van der Waals surface area (Å²) in [7, 11) is 0. The van der Waals surface area contributed by atoms with E-state index in [-0.39, 0.29) is 36.2 Å². The first kappa shape index (κ1) is 21.7. The van der Waals surface area contributed by atoms with E-state index in [4.69, 9.17) is 5.73 Å². The van der Waals surface area contributed by atoms with Crippen molar-refractivity contribution >= 4 is 30.0 Å². The van der Waals surface area contributed by atoms with Crippen molar-refractivity contribution in [2.24, 2.45) is 5.73 Å². The van der Waals surface area contributed by atoms with Crippen LogP contribution in [0.25, 0.3) is 0 Å². The van der Waals surface area contributed by atoms with E-state index in [1.807, 2.05) is 30.3 Å². The van der Waals surface area contributed by atoms with E-state index in [2.05, 4.69) is 10.6 Å². The van der Waals surface area contributed by atoms with Crippen LogP contribution >= 0.6 is 12.4 Å². The molecule has 2 aromatic rings. The van der Waals surface area contributed by atoms with Crippen LogP contribution in [0.1, 0.15) is 12.0 Å². The average Bonchev–Trinajstić information content (AvgIpc) is 3.12. The van der Waals surface area contributed by atoms with Gasteiger partial charge in [0.25, 0.3) is 0 Å². The first-order valence-corrected chi connectivity index (χ1v) is 8.92. The predicted octanol–water partition coefficient (Wildman–Crippen LogP) is 2.54. The summed E-state index contributed by atoms with van der Waals surface area (Å²) in [6.45, 7) is 0.987. The lowest BCUT2D eigenvalue weighted by Gasteiger charge is -2.21. The molecule has 28 heavy (non-hydrogen) atoms. The van der Waals surface area contributed by atoms with Crippen LogP contribution in [0.15, 0.2) is 54.6 Å². The lowest BCUT2D eigenvalue weighted by molar-refractivity contribution is -0.131. The fourth-order valence-corrected chi connectivity index (χ4v) is 3.15. The minimum absolute atomic E-state index is 0. The molecule has 4 N–H and O–H groups in total. The summed E-state index contributed by atoms with van der Waals surface area (Å²) >= 11 is 0. The van der Waals surface area contributed by atoms with E-state index < -0.39 is 6.04 Å². The number of benzene rings is 2. The highest BCUT2D eigenvalue weighted by Crippen LogP contribution is 2.13. The zero-order valence-electron chi connectivity index (χ0n) is 15.3. The zero-order valence-corrected chi connectivity index (χ0v) is 16.1. The molecule has 3 amide bonds. The summed E-state index contributed by atoms with van der Waals surface area (Å²) < 4.78 is 12.9. The van der Waals surface area contributed by atoms with Gasteiger partial charge in [-0.1, -0.05) is 30.3 Å². The van der Waals surface area contributed by atoms with Gasteiger partial charge >= 0.3 is 6.03 Å². The first-order chi connectivity index (χ1) is 13.0. The van der Waals surface area contributed by atoms with Crippen molar-refractivity contribution in [3.8, 4) is 0 Å². The lowest BCUT2D eigenvalue weighted by Crippen LogP contribution is -2.46. The fraction of sp³-hybridized carbons (Fsp3) is 0.300. The molecule has 0 aliphatic carbocycles. The zero-order chi connectivity index (χ0) is 19.2. The quantitative estimate of drug-likeness (QED) is 0.713. The smallest absolute Gasteiger partial charge is 0.319 e. The van der Waals surface area contributed by atoms with Crippen molar-refractivity contribution < 1.29 is 14.0 Å². The van der Waals surface area contributed by atoms with Gasteiger partial charge < -0.3 is 21.3 Å². The van der Waals surface area contributed by atoms with Crippen LogP contribution in [0.5, 0.6) is 0 Å². The fourth-order valence-electron chi connectivity index (χ4n) is 3.15. The van der Waals surface area contributed by atoms with Crippen molar-refractivity contribution in [3.63, 3.8) is 0 Å².